The van der Waals surface area contributed by atoms with E-state index in [9.17, 15) is 4.79 Å². The van der Waals surface area contributed by atoms with Gasteiger partial charge in [-0.3, -0.25) is 0 Å². The van der Waals surface area contributed by atoms with Gasteiger partial charge in [-0.05, 0) is 31.9 Å². The SMILES string of the molecule is Cc1cn(-c2ccccc2Cl)nc1NC1CCN(C(N)=O)CC1. The summed E-state index contributed by atoms with van der Waals surface area (Å²) in [7, 11) is 0. The number of aryl methyl sites for hydroxylation is 1. The summed E-state index contributed by atoms with van der Waals surface area (Å²) < 4.78 is 1.79. The zero-order valence-electron chi connectivity index (χ0n) is 13.0. The first-order chi connectivity index (χ1) is 11.0. The number of carbonyl (C=O) groups excluding carboxylic acids is 1. The minimum atomic E-state index is -0.345. The van der Waals surface area contributed by atoms with E-state index in [0.29, 0.717) is 24.2 Å². The first kappa shape index (κ1) is 15.7. The van der Waals surface area contributed by atoms with Gasteiger partial charge in [0.05, 0.1) is 10.7 Å². The first-order valence-electron chi connectivity index (χ1n) is 7.66. The molecule has 0 saturated carbocycles. The molecule has 2 amide bonds. The minimum absolute atomic E-state index is 0.291. The van der Waals surface area contributed by atoms with E-state index >= 15 is 0 Å². The lowest BCUT2D eigenvalue weighted by Crippen LogP contribution is -2.44. The van der Waals surface area contributed by atoms with E-state index in [1.807, 2.05) is 37.4 Å². The van der Waals surface area contributed by atoms with Crippen molar-refractivity contribution >= 4 is 23.4 Å². The second-order valence-electron chi connectivity index (χ2n) is 5.80. The molecule has 122 valence electrons. The molecule has 1 aliphatic rings. The largest absolute Gasteiger partial charge is 0.366 e. The molecule has 0 radical (unpaired) electrons. The fraction of sp³-hybridized carbons (Fsp3) is 0.375. The van der Waals surface area contributed by atoms with E-state index in [1.54, 1.807) is 9.58 Å². The Hall–Kier alpha value is -2.21. The highest BCUT2D eigenvalue weighted by Crippen LogP contribution is 2.23. The van der Waals surface area contributed by atoms with Gasteiger partial charge in [0.2, 0.25) is 0 Å². The molecule has 0 spiro atoms. The molecule has 1 aliphatic heterocycles. The van der Waals surface area contributed by atoms with E-state index < -0.39 is 0 Å². The summed E-state index contributed by atoms with van der Waals surface area (Å²) >= 11 is 6.23. The molecule has 1 aromatic carbocycles. The number of primary amides is 1. The number of hydrogen-bond donors (Lipinski definition) is 2. The molecule has 0 bridgehead atoms. The highest BCUT2D eigenvalue weighted by atomic mass is 35.5. The molecule has 1 aromatic heterocycles. The number of para-hydroxylation sites is 1. The summed E-state index contributed by atoms with van der Waals surface area (Å²) in [6.07, 6.45) is 3.69. The molecule has 1 saturated heterocycles. The van der Waals surface area contributed by atoms with Crippen LogP contribution >= 0.6 is 11.6 Å². The number of nitrogens with one attached hydrogen (secondary N) is 1. The normalized spacial score (nSPS) is 15.7. The van der Waals surface area contributed by atoms with E-state index in [1.165, 1.54) is 0 Å². The smallest absolute Gasteiger partial charge is 0.314 e. The summed E-state index contributed by atoms with van der Waals surface area (Å²) in [5, 5.41) is 8.73. The molecular formula is C16H20ClN5O. The Morgan fingerprint density at radius 1 is 1.35 bits per heavy atom. The predicted molar refractivity (Wildman–Crippen MR) is 91.1 cm³/mol. The van der Waals surface area contributed by atoms with Gasteiger partial charge < -0.3 is 16.0 Å². The average Bonchev–Trinajstić information content (AvgIpc) is 2.89. The number of urea groups is 1. The van der Waals surface area contributed by atoms with E-state index in [2.05, 4.69) is 10.4 Å². The van der Waals surface area contributed by atoms with Crippen LogP contribution < -0.4 is 11.1 Å². The Balaban J connectivity index is 1.70. The Labute approximate surface area is 140 Å². The van der Waals surface area contributed by atoms with Gasteiger partial charge >= 0.3 is 6.03 Å². The van der Waals surface area contributed by atoms with Crippen LogP contribution in [0.25, 0.3) is 5.69 Å². The Morgan fingerprint density at radius 3 is 2.70 bits per heavy atom. The van der Waals surface area contributed by atoms with E-state index in [0.717, 1.165) is 29.9 Å². The highest BCUT2D eigenvalue weighted by Gasteiger charge is 2.22. The number of hydrogen-bond acceptors (Lipinski definition) is 3. The monoisotopic (exact) mass is 333 g/mol. The van der Waals surface area contributed by atoms with Crippen LogP contribution in [0.3, 0.4) is 0 Å². The number of carbonyl (C=O) groups is 1. The number of piperidine rings is 1. The first-order valence-corrected chi connectivity index (χ1v) is 8.04. The minimum Gasteiger partial charge on any atom is -0.366 e. The maximum atomic E-state index is 11.2. The van der Waals surface area contributed by atoms with Gasteiger partial charge in [-0.1, -0.05) is 23.7 Å². The second kappa shape index (κ2) is 6.50. The third-order valence-electron chi connectivity index (χ3n) is 4.14. The number of nitrogens with two attached hydrogens (primary N) is 1. The maximum Gasteiger partial charge on any atom is 0.314 e. The standard InChI is InChI=1S/C16H20ClN5O/c1-11-10-22(14-5-3-2-4-13(14)17)20-15(11)19-12-6-8-21(9-7-12)16(18)23/h2-5,10,12H,6-9H2,1H3,(H2,18,23)(H,19,20). The van der Waals surface area contributed by atoms with Gasteiger partial charge in [0.25, 0.3) is 0 Å². The number of aromatic nitrogens is 2. The third-order valence-corrected chi connectivity index (χ3v) is 4.46. The topological polar surface area (TPSA) is 76.2 Å². The van der Waals surface area contributed by atoms with Crippen molar-refractivity contribution in [3.63, 3.8) is 0 Å². The molecule has 23 heavy (non-hydrogen) atoms. The molecule has 7 heteroatoms. The van der Waals surface area contributed by atoms with Crippen LogP contribution in [0, 0.1) is 6.92 Å². The molecule has 0 atom stereocenters. The van der Waals surface area contributed by atoms with E-state index in [4.69, 9.17) is 17.3 Å². The predicted octanol–water partition coefficient (Wildman–Crippen LogP) is 2.79. The van der Waals surface area contributed by atoms with E-state index in [-0.39, 0.29) is 6.03 Å². The summed E-state index contributed by atoms with van der Waals surface area (Å²) in [4.78, 5) is 12.8. The summed E-state index contributed by atoms with van der Waals surface area (Å²) in [6.45, 7) is 3.37. The zero-order chi connectivity index (χ0) is 16.4. The lowest BCUT2D eigenvalue weighted by atomic mass is 10.1. The van der Waals surface area contributed by atoms with Crippen molar-refractivity contribution in [3.05, 3.63) is 41.0 Å². The van der Waals surface area contributed by atoms with Crippen molar-refractivity contribution in [2.24, 2.45) is 5.73 Å². The van der Waals surface area contributed by atoms with Crippen LogP contribution in [0.5, 0.6) is 0 Å². The quantitative estimate of drug-likeness (QED) is 0.906. The average molecular weight is 334 g/mol. The number of amides is 2. The molecular weight excluding hydrogens is 314 g/mol. The zero-order valence-corrected chi connectivity index (χ0v) is 13.8. The second-order valence-corrected chi connectivity index (χ2v) is 6.21. The third kappa shape index (κ3) is 3.42. The molecule has 6 nitrogen and oxygen atoms in total. The summed E-state index contributed by atoms with van der Waals surface area (Å²) in [5.41, 5.74) is 7.22. The van der Waals surface area contributed by atoms with Crippen molar-refractivity contribution in [2.75, 3.05) is 18.4 Å². The summed E-state index contributed by atoms with van der Waals surface area (Å²) in [5.74, 6) is 0.849. The fourth-order valence-corrected chi connectivity index (χ4v) is 3.02. The number of anilines is 1. The van der Waals surface area contributed by atoms with Crippen LogP contribution in [0.2, 0.25) is 5.02 Å². The van der Waals surface area contributed by atoms with Crippen molar-refractivity contribution in [3.8, 4) is 5.69 Å². The highest BCUT2D eigenvalue weighted by molar-refractivity contribution is 6.32. The van der Waals surface area contributed by atoms with Crippen LogP contribution in [-0.2, 0) is 0 Å². The molecule has 0 unspecified atom stereocenters. The van der Waals surface area contributed by atoms with Crippen LogP contribution in [0.15, 0.2) is 30.5 Å². The van der Waals surface area contributed by atoms with Crippen LogP contribution in [-0.4, -0.2) is 39.8 Å². The van der Waals surface area contributed by atoms with Crippen LogP contribution in [0.4, 0.5) is 10.6 Å². The van der Waals surface area contributed by atoms with Crippen molar-refractivity contribution < 1.29 is 4.79 Å². The number of halogens is 1. The van der Waals surface area contributed by atoms with Gasteiger partial charge in [0.1, 0.15) is 0 Å². The van der Waals surface area contributed by atoms with Crippen molar-refractivity contribution in [1.29, 1.82) is 0 Å². The van der Waals surface area contributed by atoms with Crippen molar-refractivity contribution in [1.82, 2.24) is 14.7 Å². The number of likely N-dealkylation sites (tertiary alicyclic amines) is 1. The molecule has 0 aliphatic carbocycles. The lowest BCUT2D eigenvalue weighted by molar-refractivity contribution is 0.193. The number of rotatable bonds is 3. The van der Waals surface area contributed by atoms with Gasteiger partial charge in [-0.25, -0.2) is 9.48 Å². The van der Waals surface area contributed by atoms with Gasteiger partial charge in [-0.15, -0.1) is 0 Å². The Bertz CT molecular complexity index is 706. The molecule has 3 rings (SSSR count). The molecule has 1 fully saturated rings. The molecule has 2 aromatic rings. The lowest BCUT2D eigenvalue weighted by Gasteiger charge is -2.31. The Kier molecular flexibility index (Phi) is 4.43. The Morgan fingerprint density at radius 2 is 2.04 bits per heavy atom. The van der Waals surface area contributed by atoms with Gasteiger partial charge in [0, 0.05) is 30.9 Å². The van der Waals surface area contributed by atoms with Crippen molar-refractivity contribution in [2.45, 2.75) is 25.8 Å². The summed E-state index contributed by atoms with van der Waals surface area (Å²) in [6, 6.07) is 7.56. The number of nitrogens with zero attached hydrogens (tertiary/aromatic N) is 3. The fourth-order valence-electron chi connectivity index (χ4n) is 2.80. The van der Waals surface area contributed by atoms with Crippen LogP contribution in [0.1, 0.15) is 18.4 Å². The number of benzene rings is 1. The van der Waals surface area contributed by atoms with Gasteiger partial charge in [0.15, 0.2) is 5.82 Å². The maximum absolute atomic E-state index is 11.2. The van der Waals surface area contributed by atoms with Gasteiger partial charge in [-0.2, -0.15) is 5.10 Å². The molecule has 2 heterocycles. The molecule has 3 N–H and O–H groups in total.